The molecule has 0 saturated heterocycles. The van der Waals surface area contributed by atoms with Gasteiger partial charge < -0.3 is 9.94 Å². The molecule has 7 nitrogen and oxygen atoms in total. The van der Waals surface area contributed by atoms with Crippen LogP contribution in [0.5, 0.6) is 5.75 Å². The Hall–Kier alpha value is -2.44. The summed E-state index contributed by atoms with van der Waals surface area (Å²) in [5.74, 6) is -0.263. The highest BCUT2D eigenvalue weighted by Gasteiger charge is 2.21. The lowest BCUT2D eigenvalue weighted by Crippen LogP contribution is -2.18. The minimum absolute atomic E-state index is 0.00538. The average molecular weight is 292 g/mol. The predicted molar refractivity (Wildman–Crippen MR) is 75.4 cm³/mol. The largest absolute Gasteiger partial charge is 0.481 e. The number of hydrogen-bond acceptors (Lipinski definition) is 5. The Balaban J connectivity index is 1.93. The third kappa shape index (κ3) is 4.55. The van der Waals surface area contributed by atoms with Gasteiger partial charge in [-0.3, -0.25) is 14.9 Å². The summed E-state index contributed by atoms with van der Waals surface area (Å²) in [4.78, 5) is 26.0. The average Bonchev–Trinajstić information content (AvgIpc) is 2.45. The molecule has 1 atom stereocenters. The molecule has 0 aromatic heterocycles. The van der Waals surface area contributed by atoms with E-state index in [4.69, 9.17) is 9.94 Å². The summed E-state index contributed by atoms with van der Waals surface area (Å²) in [6.45, 7) is 0. The lowest BCUT2D eigenvalue weighted by atomic mass is 9.86. The Bertz CT molecular complexity index is 553. The third-order valence-corrected chi connectivity index (χ3v) is 3.39. The van der Waals surface area contributed by atoms with Gasteiger partial charge in [0.05, 0.1) is 10.6 Å². The van der Waals surface area contributed by atoms with Gasteiger partial charge in [-0.05, 0) is 43.7 Å². The highest BCUT2D eigenvalue weighted by atomic mass is 16.6. The minimum Gasteiger partial charge on any atom is -0.481 e. The van der Waals surface area contributed by atoms with Crippen LogP contribution in [0.2, 0.25) is 0 Å². The van der Waals surface area contributed by atoms with Crippen LogP contribution in [0.4, 0.5) is 5.69 Å². The Labute approximate surface area is 121 Å². The van der Waals surface area contributed by atoms with Crippen LogP contribution in [-0.2, 0) is 4.79 Å². The number of benzene rings is 1. The van der Waals surface area contributed by atoms with Crippen molar-refractivity contribution >= 4 is 17.4 Å². The maximum Gasteiger partial charge on any atom is 0.303 e. The van der Waals surface area contributed by atoms with Crippen molar-refractivity contribution in [2.75, 3.05) is 0 Å². The van der Waals surface area contributed by atoms with E-state index in [0.29, 0.717) is 12.2 Å². The maximum absolute atomic E-state index is 10.7. The zero-order chi connectivity index (χ0) is 15.2. The van der Waals surface area contributed by atoms with Gasteiger partial charge in [0.1, 0.15) is 0 Å². The molecule has 0 bridgehead atoms. The first-order valence-electron chi connectivity index (χ1n) is 6.73. The first-order chi connectivity index (χ1) is 10.0. The van der Waals surface area contributed by atoms with Crippen molar-refractivity contribution in [2.45, 2.75) is 32.1 Å². The molecule has 0 amide bonds. The molecular weight excluding hydrogens is 276 g/mol. The van der Waals surface area contributed by atoms with Gasteiger partial charge in [-0.15, -0.1) is 0 Å². The van der Waals surface area contributed by atoms with Crippen molar-refractivity contribution in [1.82, 2.24) is 0 Å². The van der Waals surface area contributed by atoms with E-state index in [1.54, 1.807) is 0 Å². The van der Waals surface area contributed by atoms with E-state index in [1.165, 1.54) is 24.3 Å². The molecule has 1 aromatic rings. The Morgan fingerprint density at radius 2 is 2.14 bits per heavy atom. The first kappa shape index (κ1) is 15.0. The molecule has 1 aromatic carbocycles. The lowest BCUT2D eigenvalue weighted by molar-refractivity contribution is -0.384. The second kappa shape index (κ2) is 6.83. The molecule has 0 aliphatic heterocycles. The van der Waals surface area contributed by atoms with E-state index in [0.717, 1.165) is 25.0 Å². The molecule has 1 unspecified atom stereocenters. The van der Waals surface area contributed by atoms with Crippen LogP contribution in [0.25, 0.3) is 0 Å². The third-order valence-electron chi connectivity index (χ3n) is 3.39. The number of non-ortho nitro benzene ring substituents is 1. The van der Waals surface area contributed by atoms with Crippen molar-refractivity contribution in [2.24, 2.45) is 11.1 Å². The van der Waals surface area contributed by atoms with E-state index in [-0.39, 0.29) is 18.0 Å². The van der Waals surface area contributed by atoms with E-state index in [2.05, 4.69) is 5.16 Å². The normalized spacial score (nSPS) is 20.2. The van der Waals surface area contributed by atoms with E-state index >= 15 is 0 Å². The van der Waals surface area contributed by atoms with Crippen molar-refractivity contribution in [3.63, 3.8) is 0 Å². The molecular formula is C14H16N2O5. The zero-order valence-electron chi connectivity index (χ0n) is 11.4. The maximum atomic E-state index is 10.7. The van der Waals surface area contributed by atoms with Crippen molar-refractivity contribution in [3.8, 4) is 5.75 Å². The highest BCUT2D eigenvalue weighted by Crippen LogP contribution is 2.25. The molecule has 21 heavy (non-hydrogen) atoms. The summed E-state index contributed by atoms with van der Waals surface area (Å²) in [7, 11) is 0. The SMILES string of the molecule is O=C(O)CC1CCCC(=NOc2ccc([N+](=O)[O-])cc2)C1. The Kier molecular flexibility index (Phi) is 4.86. The Morgan fingerprint density at radius 3 is 2.76 bits per heavy atom. The summed E-state index contributed by atoms with van der Waals surface area (Å²) in [6, 6.07) is 5.67. The van der Waals surface area contributed by atoms with Crippen LogP contribution in [0.1, 0.15) is 32.1 Å². The predicted octanol–water partition coefficient (Wildman–Crippen LogP) is 2.99. The molecule has 1 saturated carbocycles. The van der Waals surface area contributed by atoms with Crippen LogP contribution < -0.4 is 4.84 Å². The summed E-state index contributed by atoms with van der Waals surface area (Å²) in [6.07, 6.45) is 3.36. The Morgan fingerprint density at radius 1 is 1.43 bits per heavy atom. The van der Waals surface area contributed by atoms with Crippen molar-refractivity contribution < 1.29 is 19.7 Å². The summed E-state index contributed by atoms with van der Waals surface area (Å²) in [5, 5.41) is 23.4. The first-order valence-corrected chi connectivity index (χ1v) is 6.73. The number of aliphatic carboxylic acids is 1. The minimum atomic E-state index is -0.794. The second-order valence-corrected chi connectivity index (χ2v) is 5.06. The van der Waals surface area contributed by atoms with Crippen molar-refractivity contribution in [3.05, 3.63) is 34.4 Å². The number of carboxylic acid groups (broad SMARTS) is 1. The molecule has 0 spiro atoms. The monoisotopic (exact) mass is 292 g/mol. The topological polar surface area (TPSA) is 102 Å². The fourth-order valence-corrected chi connectivity index (χ4v) is 2.38. The standard InChI is InChI=1S/C14H16N2O5/c17-14(18)9-10-2-1-3-11(8-10)15-21-13-6-4-12(5-7-13)16(19)20/h4-7,10H,1-3,8-9H2,(H,17,18). The second-order valence-electron chi connectivity index (χ2n) is 5.06. The van der Waals surface area contributed by atoms with Gasteiger partial charge in [0.15, 0.2) is 5.75 Å². The van der Waals surface area contributed by atoms with Gasteiger partial charge in [0.2, 0.25) is 0 Å². The van der Waals surface area contributed by atoms with Crippen LogP contribution in [0, 0.1) is 16.0 Å². The van der Waals surface area contributed by atoms with Gasteiger partial charge in [0, 0.05) is 18.6 Å². The van der Waals surface area contributed by atoms with Crippen LogP contribution in [-0.4, -0.2) is 21.7 Å². The molecule has 1 aliphatic rings. The van der Waals surface area contributed by atoms with Crippen LogP contribution >= 0.6 is 0 Å². The number of hydrogen-bond donors (Lipinski definition) is 1. The molecule has 1 fully saturated rings. The number of nitrogens with zero attached hydrogens (tertiary/aromatic N) is 2. The number of oxime groups is 1. The van der Waals surface area contributed by atoms with Crippen molar-refractivity contribution in [1.29, 1.82) is 0 Å². The number of nitro groups is 1. The summed E-state index contributed by atoms with van der Waals surface area (Å²) >= 11 is 0. The highest BCUT2D eigenvalue weighted by molar-refractivity contribution is 5.85. The molecule has 7 heteroatoms. The van der Waals surface area contributed by atoms with Crippen LogP contribution in [0.3, 0.4) is 0 Å². The van der Waals surface area contributed by atoms with E-state index in [1.807, 2.05) is 0 Å². The van der Waals surface area contributed by atoms with Gasteiger partial charge in [-0.25, -0.2) is 0 Å². The molecule has 1 N–H and O–H groups in total. The van der Waals surface area contributed by atoms with Gasteiger partial charge >= 0.3 is 5.97 Å². The summed E-state index contributed by atoms with van der Waals surface area (Å²) < 4.78 is 0. The molecule has 2 rings (SSSR count). The molecule has 0 radical (unpaired) electrons. The number of carboxylic acids is 1. The quantitative estimate of drug-likeness (QED) is 0.663. The molecule has 1 aliphatic carbocycles. The number of nitro benzene ring substituents is 1. The van der Waals surface area contributed by atoms with Gasteiger partial charge in [-0.1, -0.05) is 5.16 Å². The van der Waals surface area contributed by atoms with Gasteiger partial charge in [-0.2, -0.15) is 0 Å². The fraction of sp³-hybridized carbons (Fsp3) is 0.429. The van der Waals surface area contributed by atoms with E-state index < -0.39 is 10.9 Å². The number of rotatable bonds is 5. The number of carbonyl (C=O) groups is 1. The fourth-order valence-electron chi connectivity index (χ4n) is 2.38. The lowest BCUT2D eigenvalue weighted by Gasteiger charge is -2.21. The molecule has 112 valence electrons. The van der Waals surface area contributed by atoms with Crippen LogP contribution in [0.15, 0.2) is 29.4 Å². The zero-order valence-corrected chi connectivity index (χ0v) is 11.4. The summed E-state index contributed by atoms with van der Waals surface area (Å²) in [5.41, 5.74) is 0.833. The molecule has 0 heterocycles. The van der Waals surface area contributed by atoms with Gasteiger partial charge in [0.25, 0.3) is 5.69 Å². The smallest absolute Gasteiger partial charge is 0.303 e. The van der Waals surface area contributed by atoms with E-state index in [9.17, 15) is 14.9 Å².